The summed E-state index contributed by atoms with van der Waals surface area (Å²) >= 11 is 0. The average molecular weight is 250 g/mol. The molecular weight excluding hydrogens is 232 g/mol. The van der Waals surface area contributed by atoms with Crippen LogP contribution in [0.5, 0.6) is 0 Å². The van der Waals surface area contributed by atoms with Gasteiger partial charge in [0.15, 0.2) is 0 Å². The Kier molecular flexibility index (Phi) is 4.49. The molecule has 1 aromatic heterocycles. The molecule has 1 aliphatic heterocycles. The van der Waals surface area contributed by atoms with E-state index in [9.17, 15) is 4.79 Å². The third-order valence-corrected chi connectivity index (χ3v) is 2.97. The van der Waals surface area contributed by atoms with Gasteiger partial charge < -0.3 is 15.5 Å². The summed E-state index contributed by atoms with van der Waals surface area (Å²) in [5, 5.41) is 2.87. The highest BCUT2D eigenvalue weighted by Gasteiger charge is 2.15. The molecule has 0 aromatic carbocycles. The Hall–Kier alpha value is -1.66. The lowest BCUT2D eigenvalue weighted by molar-refractivity contribution is 0.0535. The quantitative estimate of drug-likeness (QED) is 0.535. The summed E-state index contributed by atoms with van der Waals surface area (Å²) in [6.45, 7) is 2.18. The van der Waals surface area contributed by atoms with Gasteiger partial charge >= 0.3 is 0 Å². The fourth-order valence-corrected chi connectivity index (χ4v) is 1.94. The Morgan fingerprint density at radius 1 is 1.61 bits per heavy atom. The Balaban J connectivity index is 1.86. The zero-order chi connectivity index (χ0) is 12.8. The van der Waals surface area contributed by atoms with Gasteiger partial charge in [0.25, 0.3) is 5.91 Å². The number of nitrogens with one attached hydrogen (secondary N) is 2. The summed E-state index contributed by atoms with van der Waals surface area (Å²) < 4.78 is 5.36. The van der Waals surface area contributed by atoms with E-state index in [1.807, 2.05) is 0 Å². The summed E-state index contributed by atoms with van der Waals surface area (Å²) in [5.41, 5.74) is 3.51. The van der Waals surface area contributed by atoms with Crippen LogP contribution in [0.2, 0.25) is 0 Å². The normalized spacial score (nSPS) is 19.3. The third-order valence-electron chi connectivity index (χ3n) is 2.97. The number of hydrogen-bond acceptors (Lipinski definition) is 5. The number of pyridine rings is 1. The monoisotopic (exact) mass is 250 g/mol. The van der Waals surface area contributed by atoms with Crippen molar-refractivity contribution in [2.24, 2.45) is 11.8 Å². The van der Waals surface area contributed by atoms with Crippen LogP contribution in [-0.2, 0) is 4.74 Å². The molecule has 0 aliphatic carbocycles. The topological polar surface area (TPSA) is 89.3 Å². The van der Waals surface area contributed by atoms with Crippen LogP contribution in [0.3, 0.4) is 0 Å². The zero-order valence-electron chi connectivity index (χ0n) is 10.2. The number of ether oxygens (including phenoxy) is 1. The highest BCUT2D eigenvalue weighted by atomic mass is 16.5. The van der Waals surface area contributed by atoms with E-state index in [0.29, 0.717) is 23.8 Å². The smallest absolute Gasteiger partial charge is 0.269 e. The molecule has 0 saturated carbocycles. The van der Waals surface area contributed by atoms with Gasteiger partial charge in [0.05, 0.1) is 12.3 Å². The standard InChI is InChI=1S/C12H18N4O2/c13-16-10-3-4-14-11(6-10)12(17)15-7-9-2-1-5-18-8-9/h3-4,6,9H,1-2,5,7-8,13H2,(H,14,16)(H,15,17). The van der Waals surface area contributed by atoms with Gasteiger partial charge in [-0.1, -0.05) is 0 Å². The van der Waals surface area contributed by atoms with Gasteiger partial charge in [0, 0.05) is 19.3 Å². The molecule has 2 heterocycles. The van der Waals surface area contributed by atoms with Crippen LogP contribution in [-0.4, -0.2) is 30.6 Å². The van der Waals surface area contributed by atoms with Crippen molar-refractivity contribution in [1.82, 2.24) is 10.3 Å². The van der Waals surface area contributed by atoms with Crippen LogP contribution < -0.4 is 16.6 Å². The molecule has 1 atom stereocenters. The van der Waals surface area contributed by atoms with Crippen LogP contribution in [0.4, 0.5) is 5.69 Å². The number of hydrazine groups is 1. The molecular formula is C12H18N4O2. The highest BCUT2D eigenvalue weighted by Crippen LogP contribution is 2.12. The lowest BCUT2D eigenvalue weighted by Gasteiger charge is -2.22. The van der Waals surface area contributed by atoms with Gasteiger partial charge in [-0.25, -0.2) is 0 Å². The number of hydrogen-bond donors (Lipinski definition) is 3. The molecule has 1 aromatic rings. The molecule has 4 N–H and O–H groups in total. The lowest BCUT2D eigenvalue weighted by atomic mass is 10.0. The molecule has 0 radical (unpaired) electrons. The van der Waals surface area contributed by atoms with Crippen LogP contribution in [0.25, 0.3) is 0 Å². The Morgan fingerprint density at radius 2 is 2.50 bits per heavy atom. The predicted octanol–water partition coefficient (Wildman–Crippen LogP) is 0.524. The fraction of sp³-hybridized carbons (Fsp3) is 0.500. The van der Waals surface area contributed by atoms with E-state index in [2.05, 4.69) is 15.7 Å². The first-order valence-electron chi connectivity index (χ1n) is 6.08. The summed E-state index contributed by atoms with van der Waals surface area (Å²) in [6, 6.07) is 3.32. The van der Waals surface area contributed by atoms with E-state index in [1.54, 1.807) is 18.3 Å². The van der Waals surface area contributed by atoms with E-state index in [-0.39, 0.29) is 5.91 Å². The van der Waals surface area contributed by atoms with Gasteiger partial charge in [0.1, 0.15) is 5.69 Å². The van der Waals surface area contributed by atoms with E-state index in [0.717, 1.165) is 26.1 Å². The van der Waals surface area contributed by atoms with Crippen molar-refractivity contribution in [1.29, 1.82) is 0 Å². The predicted molar refractivity (Wildman–Crippen MR) is 67.9 cm³/mol. The molecule has 0 bridgehead atoms. The molecule has 6 heteroatoms. The molecule has 1 amide bonds. The van der Waals surface area contributed by atoms with Gasteiger partial charge in [-0.2, -0.15) is 0 Å². The Bertz CT molecular complexity index is 405. The molecule has 1 saturated heterocycles. The van der Waals surface area contributed by atoms with Crippen LogP contribution in [0.15, 0.2) is 18.3 Å². The molecule has 1 unspecified atom stereocenters. The number of nitrogens with zero attached hydrogens (tertiary/aromatic N) is 1. The minimum Gasteiger partial charge on any atom is -0.381 e. The first-order valence-corrected chi connectivity index (χ1v) is 6.08. The van der Waals surface area contributed by atoms with Crippen LogP contribution in [0, 0.1) is 5.92 Å². The van der Waals surface area contributed by atoms with Crippen molar-refractivity contribution in [2.45, 2.75) is 12.8 Å². The van der Waals surface area contributed by atoms with Crippen molar-refractivity contribution in [2.75, 3.05) is 25.2 Å². The van der Waals surface area contributed by atoms with Crippen molar-refractivity contribution >= 4 is 11.6 Å². The molecule has 18 heavy (non-hydrogen) atoms. The average Bonchev–Trinajstić information content (AvgIpc) is 2.46. The Labute approximate surface area is 106 Å². The number of anilines is 1. The number of nitrogen functional groups attached to an aromatic ring is 1. The summed E-state index contributed by atoms with van der Waals surface area (Å²) in [4.78, 5) is 15.9. The SMILES string of the molecule is NNc1ccnc(C(=O)NCC2CCCOC2)c1. The van der Waals surface area contributed by atoms with Crippen LogP contribution >= 0.6 is 0 Å². The zero-order valence-corrected chi connectivity index (χ0v) is 10.2. The van der Waals surface area contributed by atoms with E-state index in [1.165, 1.54) is 0 Å². The maximum atomic E-state index is 11.9. The van der Waals surface area contributed by atoms with Gasteiger partial charge in [-0.05, 0) is 30.9 Å². The number of rotatable bonds is 4. The first kappa shape index (κ1) is 12.8. The molecule has 6 nitrogen and oxygen atoms in total. The maximum Gasteiger partial charge on any atom is 0.269 e. The van der Waals surface area contributed by atoms with Crippen molar-refractivity contribution in [3.05, 3.63) is 24.0 Å². The maximum absolute atomic E-state index is 11.9. The molecule has 2 rings (SSSR count). The number of aromatic nitrogens is 1. The molecule has 98 valence electrons. The van der Waals surface area contributed by atoms with E-state index >= 15 is 0 Å². The highest BCUT2D eigenvalue weighted by molar-refractivity contribution is 5.93. The third kappa shape index (κ3) is 3.41. The second-order valence-electron chi connectivity index (χ2n) is 4.37. The number of amides is 1. The van der Waals surface area contributed by atoms with Crippen LogP contribution in [0.1, 0.15) is 23.3 Å². The second kappa shape index (κ2) is 6.32. The van der Waals surface area contributed by atoms with Gasteiger partial charge in [0.2, 0.25) is 0 Å². The summed E-state index contributed by atoms with van der Waals surface area (Å²) in [6.07, 6.45) is 3.71. The number of carbonyl (C=O) groups excluding carboxylic acids is 1. The van der Waals surface area contributed by atoms with Gasteiger partial charge in [-0.15, -0.1) is 0 Å². The lowest BCUT2D eigenvalue weighted by Crippen LogP contribution is -2.33. The molecule has 1 aliphatic rings. The second-order valence-corrected chi connectivity index (χ2v) is 4.37. The minimum absolute atomic E-state index is 0.183. The van der Waals surface area contributed by atoms with E-state index < -0.39 is 0 Å². The largest absolute Gasteiger partial charge is 0.381 e. The van der Waals surface area contributed by atoms with Crippen molar-refractivity contribution in [3.63, 3.8) is 0 Å². The molecule has 0 spiro atoms. The molecule has 1 fully saturated rings. The van der Waals surface area contributed by atoms with Gasteiger partial charge in [-0.3, -0.25) is 15.6 Å². The summed E-state index contributed by atoms with van der Waals surface area (Å²) in [7, 11) is 0. The van der Waals surface area contributed by atoms with Crippen molar-refractivity contribution in [3.8, 4) is 0 Å². The Morgan fingerprint density at radius 3 is 3.22 bits per heavy atom. The number of carbonyl (C=O) groups is 1. The first-order chi connectivity index (χ1) is 8.79. The number of nitrogens with two attached hydrogens (primary N) is 1. The minimum atomic E-state index is -0.183. The van der Waals surface area contributed by atoms with Crippen molar-refractivity contribution < 1.29 is 9.53 Å². The van der Waals surface area contributed by atoms with E-state index in [4.69, 9.17) is 10.6 Å². The summed E-state index contributed by atoms with van der Waals surface area (Å²) in [5.74, 6) is 5.50. The fourth-order valence-electron chi connectivity index (χ4n) is 1.94.